The molecule has 4 nitrogen and oxygen atoms in total. The fourth-order valence-electron chi connectivity index (χ4n) is 4.47. The predicted octanol–water partition coefficient (Wildman–Crippen LogP) is 4.43. The van der Waals surface area contributed by atoms with Crippen LogP contribution in [0.1, 0.15) is 62.5 Å². The van der Waals surface area contributed by atoms with Gasteiger partial charge in [-0.2, -0.15) is 5.26 Å². The molecule has 3 aliphatic heterocycles. The molecule has 4 heteroatoms. The van der Waals surface area contributed by atoms with E-state index in [0.29, 0.717) is 13.0 Å². The van der Waals surface area contributed by atoms with Crippen LogP contribution in [0.15, 0.2) is 24.3 Å². The summed E-state index contributed by atoms with van der Waals surface area (Å²) in [7, 11) is 0. The van der Waals surface area contributed by atoms with Crippen LogP contribution in [0.5, 0.6) is 0 Å². The first-order valence-corrected chi connectivity index (χ1v) is 9.57. The number of fused-ring (bicyclic) bond motifs is 3. The molecular formula is C21H27NO3. The van der Waals surface area contributed by atoms with Crippen LogP contribution < -0.4 is 0 Å². The fraction of sp³-hybridized carbons (Fsp3) is 0.667. The molecule has 3 saturated heterocycles. The highest BCUT2D eigenvalue weighted by atomic mass is 16.7. The van der Waals surface area contributed by atoms with Crippen LogP contribution in [0.3, 0.4) is 0 Å². The quantitative estimate of drug-likeness (QED) is 0.795. The Labute approximate surface area is 150 Å². The summed E-state index contributed by atoms with van der Waals surface area (Å²) in [6, 6.07) is 11.1. The second kappa shape index (κ2) is 7.07. The Morgan fingerprint density at radius 1 is 1.12 bits per heavy atom. The molecule has 1 unspecified atom stereocenters. The lowest BCUT2D eigenvalue weighted by Gasteiger charge is -2.52. The number of nitriles is 1. The zero-order chi connectivity index (χ0) is 17.2. The average molecular weight is 341 g/mol. The minimum Gasteiger partial charge on any atom is -0.370 e. The largest absolute Gasteiger partial charge is 0.370 e. The van der Waals surface area contributed by atoms with Crippen molar-refractivity contribution in [3.8, 4) is 6.07 Å². The summed E-state index contributed by atoms with van der Waals surface area (Å²) in [4.78, 5) is 0. The molecule has 1 aromatic rings. The Kier molecular flexibility index (Phi) is 4.82. The van der Waals surface area contributed by atoms with E-state index in [9.17, 15) is 0 Å². The van der Waals surface area contributed by atoms with E-state index < -0.39 is 0 Å². The van der Waals surface area contributed by atoms with Gasteiger partial charge in [0.1, 0.15) is 0 Å². The van der Waals surface area contributed by atoms with E-state index in [1.807, 2.05) is 0 Å². The van der Waals surface area contributed by atoms with Crippen LogP contribution in [0.25, 0.3) is 0 Å². The molecule has 4 aliphatic rings. The van der Waals surface area contributed by atoms with Gasteiger partial charge in [-0.3, -0.25) is 0 Å². The van der Waals surface area contributed by atoms with Crippen LogP contribution in [-0.2, 0) is 26.4 Å². The highest BCUT2D eigenvalue weighted by Gasteiger charge is 2.50. The number of hydrogen-bond donors (Lipinski definition) is 0. The number of ether oxygens (including phenoxy) is 3. The van der Waals surface area contributed by atoms with Crippen molar-refractivity contribution >= 4 is 0 Å². The molecule has 4 fully saturated rings. The Bertz CT molecular complexity index is 603. The van der Waals surface area contributed by atoms with Crippen molar-refractivity contribution in [2.75, 3.05) is 13.2 Å². The van der Waals surface area contributed by atoms with Crippen LogP contribution in [0, 0.1) is 16.7 Å². The lowest BCUT2D eigenvalue weighted by Crippen LogP contribution is -2.49. The van der Waals surface area contributed by atoms with Gasteiger partial charge in [-0.25, -0.2) is 0 Å². The zero-order valence-electron chi connectivity index (χ0n) is 14.8. The highest BCUT2D eigenvalue weighted by Crippen LogP contribution is 2.54. The maximum absolute atomic E-state index is 9.06. The van der Waals surface area contributed by atoms with Crippen molar-refractivity contribution in [1.82, 2.24) is 0 Å². The van der Waals surface area contributed by atoms with Gasteiger partial charge in [0.25, 0.3) is 0 Å². The molecule has 5 rings (SSSR count). The van der Waals surface area contributed by atoms with Crippen LogP contribution in [0.2, 0.25) is 0 Å². The fourth-order valence-corrected chi connectivity index (χ4v) is 4.47. The number of benzene rings is 1. The van der Waals surface area contributed by atoms with E-state index in [1.165, 1.54) is 17.5 Å². The summed E-state index contributed by atoms with van der Waals surface area (Å²) in [6.07, 6.45) is 8.18. The summed E-state index contributed by atoms with van der Waals surface area (Å²) in [5.41, 5.74) is 2.43. The van der Waals surface area contributed by atoms with Crippen molar-refractivity contribution < 1.29 is 14.2 Å². The SMILES string of the molecule is N#CCC12CCC(c3ccc(COC4CCCCO4)cc3)(CC1)OC2. The molecule has 25 heavy (non-hydrogen) atoms. The van der Waals surface area contributed by atoms with E-state index >= 15 is 0 Å². The molecule has 1 aromatic carbocycles. The molecule has 0 spiro atoms. The van der Waals surface area contributed by atoms with Crippen molar-refractivity contribution in [3.05, 3.63) is 35.4 Å². The van der Waals surface area contributed by atoms with E-state index in [-0.39, 0.29) is 17.3 Å². The Morgan fingerprint density at radius 3 is 2.52 bits per heavy atom. The van der Waals surface area contributed by atoms with Crippen LogP contribution >= 0.6 is 0 Å². The van der Waals surface area contributed by atoms with Gasteiger partial charge in [-0.15, -0.1) is 0 Å². The summed E-state index contributed by atoms with van der Waals surface area (Å²) < 4.78 is 17.8. The molecule has 134 valence electrons. The first-order valence-electron chi connectivity index (χ1n) is 9.57. The third-order valence-electron chi connectivity index (χ3n) is 6.28. The van der Waals surface area contributed by atoms with Crippen molar-refractivity contribution in [2.24, 2.45) is 5.41 Å². The minimum atomic E-state index is -0.136. The lowest BCUT2D eigenvalue weighted by molar-refractivity contribution is -0.188. The number of rotatable bonds is 5. The van der Waals surface area contributed by atoms with Gasteiger partial charge in [0.15, 0.2) is 6.29 Å². The van der Waals surface area contributed by atoms with Crippen molar-refractivity contribution in [1.29, 1.82) is 5.26 Å². The van der Waals surface area contributed by atoms with E-state index in [1.54, 1.807) is 0 Å². The normalized spacial score (nSPS) is 34.6. The maximum Gasteiger partial charge on any atom is 0.158 e. The smallest absolute Gasteiger partial charge is 0.158 e. The number of hydrogen-bond acceptors (Lipinski definition) is 4. The third-order valence-corrected chi connectivity index (χ3v) is 6.28. The molecule has 2 bridgehead atoms. The van der Waals surface area contributed by atoms with Gasteiger partial charge in [0.05, 0.1) is 24.9 Å². The van der Waals surface area contributed by atoms with Crippen LogP contribution in [0.4, 0.5) is 0 Å². The second-order valence-electron chi connectivity index (χ2n) is 7.92. The minimum absolute atomic E-state index is 0.0414. The first-order chi connectivity index (χ1) is 12.2. The van der Waals surface area contributed by atoms with Gasteiger partial charge >= 0.3 is 0 Å². The predicted molar refractivity (Wildman–Crippen MR) is 93.6 cm³/mol. The van der Waals surface area contributed by atoms with Gasteiger partial charge < -0.3 is 14.2 Å². The zero-order valence-corrected chi connectivity index (χ0v) is 14.8. The molecule has 0 N–H and O–H groups in total. The topological polar surface area (TPSA) is 51.5 Å². The highest BCUT2D eigenvalue weighted by molar-refractivity contribution is 5.29. The van der Waals surface area contributed by atoms with E-state index in [0.717, 1.165) is 51.7 Å². The van der Waals surface area contributed by atoms with Gasteiger partial charge in [-0.05, 0) is 56.1 Å². The van der Waals surface area contributed by atoms with Gasteiger partial charge in [-0.1, -0.05) is 24.3 Å². The van der Waals surface area contributed by atoms with Gasteiger partial charge in [0.2, 0.25) is 0 Å². The Balaban J connectivity index is 1.37. The Morgan fingerprint density at radius 2 is 1.92 bits per heavy atom. The molecule has 3 heterocycles. The maximum atomic E-state index is 9.06. The molecule has 1 aliphatic carbocycles. The van der Waals surface area contributed by atoms with Crippen molar-refractivity contribution in [3.63, 3.8) is 0 Å². The first kappa shape index (κ1) is 17.0. The molecule has 1 saturated carbocycles. The molecular weight excluding hydrogens is 314 g/mol. The monoisotopic (exact) mass is 341 g/mol. The summed E-state index contributed by atoms with van der Waals surface area (Å²) >= 11 is 0. The van der Waals surface area contributed by atoms with Gasteiger partial charge in [0, 0.05) is 18.4 Å². The molecule has 0 amide bonds. The number of nitrogens with zero attached hydrogens (tertiary/aromatic N) is 1. The second-order valence-corrected chi connectivity index (χ2v) is 7.92. The average Bonchev–Trinajstić information content (AvgIpc) is 2.69. The lowest BCUT2D eigenvalue weighted by atomic mass is 9.63. The van der Waals surface area contributed by atoms with E-state index in [4.69, 9.17) is 19.5 Å². The summed E-state index contributed by atoms with van der Waals surface area (Å²) in [5, 5.41) is 9.06. The third kappa shape index (κ3) is 3.46. The standard InChI is InChI=1S/C21H27NO3/c22-13-12-20-8-10-21(11-9-20,25-16-20)18-6-4-17(5-7-18)15-24-19-3-1-2-14-23-19/h4-7,19H,1-3,8-12,14-16H2. The molecule has 0 radical (unpaired) electrons. The van der Waals surface area contributed by atoms with E-state index in [2.05, 4.69) is 30.3 Å². The van der Waals surface area contributed by atoms with Crippen molar-refractivity contribution in [2.45, 2.75) is 69.9 Å². The van der Waals surface area contributed by atoms with Crippen LogP contribution in [-0.4, -0.2) is 19.5 Å². The molecule has 0 aromatic heterocycles. The molecule has 1 atom stereocenters. The summed E-state index contributed by atoms with van der Waals surface area (Å²) in [6.45, 7) is 2.14. The summed E-state index contributed by atoms with van der Waals surface area (Å²) in [5.74, 6) is 0. The Hall–Kier alpha value is -1.41.